The number of nitrogens with one attached hydrogen (secondary N) is 1. The van der Waals surface area contributed by atoms with Gasteiger partial charge in [0, 0.05) is 25.5 Å². The van der Waals surface area contributed by atoms with Crippen LogP contribution in [0, 0.1) is 0 Å². The quantitative estimate of drug-likeness (QED) is 0.508. The van der Waals surface area contributed by atoms with Gasteiger partial charge in [0.05, 0.1) is 18.9 Å². The van der Waals surface area contributed by atoms with Crippen molar-refractivity contribution >= 4 is 23.4 Å². The van der Waals surface area contributed by atoms with Crippen molar-refractivity contribution in [3.8, 4) is 0 Å². The highest BCUT2D eigenvalue weighted by atomic mass is 32.2. The van der Waals surface area contributed by atoms with Crippen molar-refractivity contribution < 1.29 is 9.53 Å². The maximum absolute atomic E-state index is 12.5. The van der Waals surface area contributed by atoms with Crippen molar-refractivity contribution in [3.05, 3.63) is 38.8 Å². The SMILES string of the molecule is COCCn1c(N)c(C(=O)CSc2nccn2C2CC2)c(=O)[nH]c1=O. The van der Waals surface area contributed by atoms with E-state index >= 15 is 0 Å². The van der Waals surface area contributed by atoms with E-state index in [0.717, 1.165) is 22.6 Å². The lowest BCUT2D eigenvalue weighted by Crippen LogP contribution is -2.37. The van der Waals surface area contributed by atoms with Crippen LogP contribution in [0.1, 0.15) is 29.2 Å². The van der Waals surface area contributed by atoms with Crippen LogP contribution in [0.3, 0.4) is 0 Å². The molecule has 0 aromatic carbocycles. The van der Waals surface area contributed by atoms with E-state index in [0.29, 0.717) is 6.04 Å². The minimum Gasteiger partial charge on any atom is -0.384 e. The van der Waals surface area contributed by atoms with E-state index in [1.54, 1.807) is 6.20 Å². The third-order valence-electron chi connectivity index (χ3n) is 3.94. The number of ketones is 1. The minimum atomic E-state index is -0.771. The van der Waals surface area contributed by atoms with E-state index < -0.39 is 17.0 Å². The first kappa shape index (κ1) is 17.5. The molecule has 0 bridgehead atoms. The summed E-state index contributed by atoms with van der Waals surface area (Å²) < 4.78 is 8.08. The Kier molecular flexibility index (Phi) is 5.09. The molecule has 1 fully saturated rings. The molecule has 0 saturated heterocycles. The van der Waals surface area contributed by atoms with Crippen molar-refractivity contribution in [2.45, 2.75) is 30.6 Å². The average molecular weight is 365 g/mol. The van der Waals surface area contributed by atoms with Crippen molar-refractivity contribution in [1.29, 1.82) is 0 Å². The summed E-state index contributed by atoms with van der Waals surface area (Å²) in [5.74, 6) is -0.568. The predicted molar refractivity (Wildman–Crippen MR) is 93.2 cm³/mol. The monoisotopic (exact) mass is 365 g/mol. The number of hydrogen-bond donors (Lipinski definition) is 2. The van der Waals surface area contributed by atoms with Gasteiger partial charge in [-0.1, -0.05) is 11.8 Å². The van der Waals surface area contributed by atoms with E-state index in [4.69, 9.17) is 10.5 Å². The molecule has 1 saturated carbocycles. The van der Waals surface area contributed by atoms with Crippen LogP contribution in [0.4, 0.5) is 5.82 Å². The maximum atomic E-state index is 12.5. The Bertz CT molecular complexity index is 896. The summed E-state index contributed by atoms with van der Waals surface area (Å²) in [4.78, 5) is 42.8. The molecule has 2 heterocycles. The molecule has 25 heavy (non-hydrogen) atoms. The van der Waals surface area contributed by atoms with Crippen LogP contribution in [0.15, 0.2) is 27.1 Å². The first-order chi connectivity index (χ1) is 12.0. The van der Waals surface area contributed by atoms with Gasteiger partial charge in [-0.15, -0.1) is 0 Å². The van der Waals surface area contributed by atoms with Crippen molar-refractivity contribution in [2.24, 2.45) is 0 Å². The number of nitrogens with zero attached hydrogens (tertiary/aromatic N) is 3. The maximum Gasteiger partial charge on any atom is 0.330 e. The van der Waals surface area contributed by atoms with Gasteiger partial charge < -0.3 is 15.0 Å². The van der Waals surface area contributed by atoms with E-state index in [-0.39, 0.29) is 30.3 Å². The fourth-order valence-corrected chi connectivity index (χ4v) is 3.40. The van der Waals surface area contributed by atoms with Gasteiger partial charge in [0.2, 0.25) is 0 Å². The van der Waals surface area contributed by atoms with Crippen LogP contribution in [0.2, 0.25) is 0 Å². The largest absolute Gasteiger partial charge is 0.384 e. The third-order valence-corrected chi connectivity index (χ3v) is 4.92. The van der Waals surface area contributed by atoms with Crippen LogP contribution < -0.4 is 17.0 Å². The minimum absolute atomic E-state index is 0.0134. The lowest BCUT2D eigenvalue weighted by atomic mass is 10.2. The summed E-state index contributed by atoms with van der Waals surface area (Å²) in [6, 6.07) is 0.449. The molecule has 10 heteroatoms. The van der Waals surface area contributed by atoms with Gasteiger partial charge >= 0.3 is 5.69 Å². The number of carbonyl (C=O) groups is 1. The van der Waals surface area contributed by atoms with Crippen LogP contribution in [-0.2, 0) is 11.3 Å². The van der Waals surface area contributed by atoms with Crippen molar-refractivity contribution in [2.75, 3.05) is 25.2 Å². The Morgan fingerprint density at radius 2 is 2.24 bits per heavy atom. The zero-order valence-corrected chi connectivity index (χ0v) is 14.5. The molecule has 1 aliphatic rings. The lowest BCUT2D eigenvalue weighted by Gasteiger charge is -2.11. The first-order valence-electron chi connectivity index (χ1n) is 7.83. The molecule has 0 spiro atoms. The normalized spacial score (nSPS) is 14.0. The lowest BCUT2D eigenvalue weighted by molar-refractivity contribution is 0.102. The highest BCUT2D eigenvalue weighted by Crippen LogP contribution is 2.37. The summed E-state index contributed by atoms with van der Waals surface area (Å²) in [6.07, 6.45) is 5.79. The smallest absolute Gasteiger partial charge is 0.330 e. The predicted octanol–water partition coefficient (Wildman–Crippen LogP) is 0.272. The number of carbonyl (C=O) groups excluding carboxylic acids is 1. The Morgan fingerprint density at radius 1 is 1.48 bits per heavy atom. The number of methoxy groups -OCH3 is 1. The van der Waals surface area contributed by atoms with E-state index in [2.05, 4.69) is 9.97 Å². The Balaban J connectivity index is 1.80. The molecule has 1 aliphatic carbocycles. The van der Waals surface area contributed by atoms with Gasteiger partial charge in [0.15, 0.2) is 10.9 Å². The molecular formula is C15H19N5O4S. The molecule has 134 valence electrons. The Labute approximate surface area is 147 Å². The fourth-order valence-electron chi connectivity index (χ4n) is 2.51. The van der Waals surface area contributed by atoms with Crippen molar-refractivity contribution in [1.82, 2.24) is 19.1 Å². The zero-order valence-electron chi connectivity index (χ0n) is 13.7. The second-order valence-corrected chi connectivity index (χ2v) is 6.67. The zero-order chi connectivity index (χ0) is 18.0. The highest BCUT2D eigenvalue weighted by Gasteiger charge is 2.26. The number of hydrogen-bond acceptors (Lipinski definition) is 7. The first-order valence-corrected chi connectivity index (χ1v) is 8.82. The molecule has 9 nitrogen and oxygen atoms in total. The van der Waals surface area contributed by atoms with Gasteiger partial charge in [0.25, 0.3) is 5.56 Å². The second kappa shape index (κ2) is 7.28. The number of H-pyrrole nitrogens is 1. The van der Waals surface area contributed by atoms with Crippen LogP contribution in [-0.4, -0.2) is 44.4 Å². The molecular weight excluding hydrogens is 346 g/mol. The molecule has 2 aromatic heterocycles. The summed E-state index contributed by atoms with van der Waals surface area (Å²) >= 11 is 1.25. The topological polar surface area (TPSA) is 125 Å². The summed E-state index contributed by atoms with van der Waals surface area (Å²) in [5, 5.41) is 0.735. The molecule has 0 radical (unpaired) electrons. The number of nitrogen functional groups attached to an aromatic ring is 1. The third kappa shape index (κ3) is 3.69. The summed E-state index contributed by atoms with van der Waals surface area (Å²) in [7, 11) is 1.48. The molecule has 0 aliphatic heterocycles. The molecule has 3 rings (SSSR count). The molecule has 0 atom stereocenters. The number of aromatic amines is 1. The fraction of sp³-hybridized carbons (Fsp3) is 0.467. The van der Waals surface area contributed by atoms with Crippen molar-refractivity contribution in [3.63, 3.8) is 0 Å². The van der Waals surface area contributed by atoms with E-state index in [1.165, 1.54) is 18.9 Å². The van der Waals surface area contributed by atoms with E-state index in [9.17, 15) is 14.4 Å². The number of Topliss-reactive ketones (excluding diaryl/α,β-unsaturated/α-hetero) is 1. The number of rotatable bonds is 8. The van der Waals surface area contributed by atoms with Gasteiger partial charge in [-0.05, 0) is 12.8 Å². The Morgan fingerprint density at radius 3 is 2.92 bits per heavy atom. The summed E-state index contributed by atoms with van der Waals surface area (Å²) in [5.41, 5.74) is 4.27. The molecule has 3 N–H and O–H groups in total. The number of anilines is 1. The average Bonchev–Trinajstić information content (AvgIpc) is 3.30. The van der Waals surface area contributed by atoms with Crippen LogP contribution >= 0.6 is 11.8 Å². The summed E-state index contributed by atoms with van der Waals surface area (Å²) in [6.45, 7) is 0.384. The number of nitrogens with two attached hydrogens (primary N) is 1. The van der Waals surface area contributed by atoms with Gasteiger partial charge in [0.1, 0.15) is 11.4 Å². The van der Waals surface area contributed by atoms with Gasteiger partial charge in [-0.25, -0.2) is 9.78 Å². The van der Waals surface area contributed by atoms with Crippen LogP contribution in [0.5, 0.6) is 0 Å². The Hall–Kier alpha value is -2.33. The second-order valence-electron chi connectivity index (χ2n) is 5.72. The van der Waals surface area contributed by atoms with Gasteiger partial charge in [-0.3, -0.25) is 19.1 Å². The molecule has 0 amide bonds. The van der Waals surface area contributed by atoms with E-state index in [1.807, 2.05) is 10.8 Å². The molecule has 2 aromatic rings. The number of ether oxygens (including phenoxy) is 1. The number of thioether (sulfide) groups is 1. The molecule has 0 unspecified atom stereocenters. The van der Waals surface area contributed by atoms with Gasteiger partial charge in [-0.2, -0.15) is 0 Å². The number of aromatic nitrogens is 4. The standard InChI is InChI=1S/C15H19N5O4S/c1-24-7-6-20-12(16)11(13(22)18-14(20)23)10(21)8-25-15-17-4-5-19(15)9-2-3-9/h4-5,9H,2-3,6-8,16H2,1H3,(H,18,22,23). The van der Waals surface area contributed by atoms with Crippen LogP contribution in [0.25, 0.3) is 0 Å². The number of imidazole rings is 1. The highest BCUT2D eigenvalue weighted by molar-refractivity contribution is 7.99.